The van der Waals surface area contributed by atoms with Crippen LogP contribution in [0.5, 0.6) is 0 Å². The third kappa shape index (κ3) is 7.63. The lowest BCUT2D eigenvalue weighted by Gasteiger charge is -2.35. The number of nitrogens with one attached hydrogen (secondary N) is 2. The van der Waals surface area contributed by atoms with Crippen LogP contribution in [0.2, 0.25) is 0 Å². The highest BCUT2D eigenvalue weighted by molar-refractivity contribution is 7.89. The summed E-state index contributed by atoms with van der Waals surface area (Å²) >= 11 is 0. The molecule has 3 N–H and O–H groups in total. The monoisotopic (exact) mass is 431 g/mol. The minimum absolute atomic E-state index is 0.0604. The third-order valence-electron chi connectivity index (χ3n) is 4.74. The van der Waals surface area contributed by atoms with Gasteiger partial charge in [-0.05, 0) is 64.2 Å². The Labute approximate surface area is 171 Å². The predicted molar refractivity (Wildman–Crippen MR) is 106 cm³/mol. The fourth-order valence-electron chi connectivity index (χ4n) is 3.20. The molecule has 1 aromatic rings. The Kier molecular flexibility index (Phi) is 8.97. The molecule has 0 saturated carbocycles. The molecule has 10 heteroatoms. The molecule has 0 aromatic heterocycles. The van der Waals surface area contributed by atoms with Crippen LogP contribution in [0.25, 0.3) is 0 Å². The number of ether oxygens (including phenoxy) is 1. The van der Waals surface area contributed by atoms with E-state index < -0.39 is 28.0 Å². The molecular weight excluding hydrogens is 401 g/mol. The zero-order valence-corrected chi connectivity index (χ0v) is 17.6. The van der Waals surface area contributed by atoms with Gasteiger partial charge < -0.3 is 20.1 Å². The van der Waals surface area contributed by atoms with Gasteiger partial charge in [0.05, 0.1) is 36.2 Å². The summed E-state index contributed by atoms with van der Waals surface area (Å²) in [6.45, 7) is 1.08. The second kappa shape index (κ2) is 11.0. The summed E-state index contributed by atoms with van der Waals surface area (Å²) in [5.74, 6) is -0.656. The van der Waals surface area contributed by atoms with Crippen LogP contribution in [0.15, 0.2) is 29.2 Å². The van der Waals surface area contributed by atoms with E-state index in [4.69, 9.17) is 4.74 Å². The van der Waals surface area contributed by atoms with Crippen molar-refractivity contribution in [1.82, 2.24) is 14.9 Å². The number of hydrogen-bond acceptors (Lipinski definition) is 6. The number of halogens is 1. The predicted octanol–water partition coefficient (Wildman–Crippen LogP) is 0.471. The Morgan fingerprint density at radius 2 is 1.97 bits per heavy atom. The summed E-state index contributed by atoms with van der Waals surface area (Å²) in [7, 11) is 0.0582. The van der Waals surface area contributed by atoms with Crippen molar-refractivity contribution < 1.29 is 27.4 Å². The summed E-state index contributed by atoms with van der Waals surface area (Å²) in [4.78, 5) is 14.0. The number of carbonyl (C=O) groups is 1. The fourth-order valence-corrected chi connectivity index (χ4v) is 4.50. The topological polar surface area (TPSA) is 108 Å². The van der Waals surface area contributed by atoms with E-state index in [-0.39, 0.29) is 29.9 Å². The van der Waals surface area contributed by atoms with E-state index in [2.05, 4.69) is 10.0 Å². The van der Waals surface area contributed by atoms with Gasteiger partial charge in [-0.2, -0.15) is 0 Å². The summed E-state index contributed by atoms with van der Waals surface area (Å²) in [5, 5.41) is 12.5. The van der Waals surface area contributed by atoms with Crippen molar-refractivity contribution in [3.05, 3.63) is 30.1 Å². The first-order chi connectivity index (χ1) is 13.7. The Hall–Kier alpha value is -1.59. The average molecular weight is 432 g/mol. The van der Waals surface area contributed by atoms with Gasteiger partial charge in [0.25, 0.3) is 0 Å². The lowest BCUT2D eigenvalue weighted by molar-refractivity contribution is -0.130. The Balaban J connectivity index is 1.85. The molecule has 0 radical (unpaired) electrons. The number of aliphatic hydroxyl groups is 1. The van der Waals surface area contributed by atoms with Crippen LogP contribution < -0.4 is 10.0 Å². The van der Waals surface area contributed by atoms with Crippen LogP contribution in [0.1, 0.15) is 25.7 Å². The van der Waals surface area contributed by atoms with Gasteiger partial charge in [-0.25, -0.2) is 17.5 Å². The quantitative estimate of drug-likeness (QED) is 0.465. The number of sulfonamides is 1. The minimum atomic E-state index is -3.87. The van der Waals surface area contributed by atoms with Crippen molar-refractivity contribution in [2.45, 2.75) is 48.8 Å². The van der Waals surface area contributed by atoms with Crippen molar-refractivity contribution in [3.63, 3.8) is 0 Å². The molecule has 164 valence electrons. The van der Waals surface area contributed by atoms with Crippen molar-refractivity contribution in [2.24, 2.45) is 0 Å². The molecular formula is C19H30FN3O5S. The number of rotatable bonds is 10. The summed E-state index contributed by atoms with van der Waals surface area (Å²) < 4.78 is 46.3. The number of benzene rings is 1. The molecule has 2 rings (SSSR count). The van der Waals surface area contributed by atoms with Gasteiger partial charge in [0, 0.05) is 6.54 Å². The van der Waals surface area contributed by atoms with Crippen molar-refractivity contribution in [1.29, 1.82) is 0 Å². The highest BCUT2D eigenvalue weighted by atomic mass is 32.2. The van der Waals surface area contributed by atoms with Crippen molar-refractivity contribution in [3.8, 4) is 0 Å². The lowest BCUT2D eigenvalue weighted by atomic mass is 9.98. The van der Waals surface area contributed by atoms with Crippen LogP contribution in [0.3, 0.4) is 0 Å². The maximum atomic E-state index is 13.0. The lowest BCUT2D eigenvalue weighted by Crippen LogP contribution is -2.51. The standard InChI is InChI=1S/C19H30FN3O5S/c1-23(2)11-3-10-21-19(25)12-15-6-9-17(18(13-24)28-15)22-29(26,27)16-7-4-14(20)5-8-16/h4-5,7-8,15,17-18,22,24H,3,6,9-13H2,1-2H3,(H,21,25)/t15-,17+,18+/m1/s1. The second-order valence-corrected chi connectivity index (χ2v) is 9.16. The second-order valence-electron chi connectivity index (χ2n) is 7.45. The molecule has 3 atom stereocenters. The van der Waals surface area contributed by atoms with E-state index in [1.165, 1.54) is 12.1 Å². The molecule has 1 fully saturated rings. The van der Waals surface area contributed by atoms with Gasteiger partial charge in [-0.15, -0.1) is 0 Å². The van der Waals surface area contributed by atoms with E-state index in [9.17, 15) is 22.7 Å². The van der Waals surface area contributed by atoms with E-state index in [1.807, 2.05) is 19.0 Å². The Bertz CT molecular complexity index is 758. The van der Waals surface area contributed by atoms with E-state index in [0.717, 1.165) is 25.1 Å². The van der Waals surface area contributed by atoms with E-state index in [1.54, 1.807) is 0 Å². The molecule has 1 aromatic carbocycles. The number of carbonyl (C=O) groups excluding carboxylic acids is 1. The van der Waals surface area contributed by atoms with Gasteiger partial charge in [-0.3, -0.25) is 4.79 Å². The molecule has 0 unspecified atom stereocenters. The van der Waals surface area contributed by atoms with Crippen molar-refractivity contribution in [2.75, 3.05) is 33.8 Å². The first kappa shape index (κ1) is 23.7. The maximum Gasteiger partial charge on any atom is 0.240 e. The van der Waals surface area contributed by atoms with Crippen molar-refractivity contribution >= 4 is 15.9 Å². The van der Waals surface area contributed by atoms with Crippen LogP contribution in [-0.4, -0.2) is 76.4 Å². The van der Waals surface area contributed by atoms with Gasteiger partial charge in [0.1, 0.15) is 5.82 Å². The first-order valence-electron chi connectivity index (χ1n) is 9.67. The number of hydrogen-bond donors (Lipinski definition) is 3. The number of amides is 1. The molecule has 0 spiro atoms. The highest BCUT2D eigenvalue weighted by Crippen LogP contribution is 2.23. The largest absolute Gasteiger partial charge is 0.394 e. The molecule has 1 heterocycles. The Morgan fingerprint density at radius 3 is 2.59 bits per heavy atom. The molecule has 1 amide bonds. The molecule has 0 bridgehead atoms. The maximum absolute atomic E-state index is 13.0. The molecule has 1 aliphatic rings. The molecule has 1 aliphatic heterocycles. The van der Waals surface area contributed by atoms with Gasteiger partial charge in [0.2, 0.25) is 15.9 Å². The molecule has 1 saturated heterocycles. The number of nitrogens with zero attached hydrogens (tertiary/aromatic N) is 1. The SMILES string of the molecule is CN(C)CCCNC(=O)C[C@H]1CC[C@H](NS(=O)(=O)c2ccc(F)cc2)[C@H](CO)O1. The summed E-state index contributed by atoms with van der Waals surface area (Å²) in [6, 6.07) is 3.87. The fraction of sp³-hybridized carbons (Fsp3) is 0.632. The Morgan fingerprint density at radius 1 is 1.28 bits per heavy atom. The van der Waals surface area contributed by atoms with Gasteiger partial charge >= 0.3 is 0 Å². The van der Waals surface area contributed by atoms with Crippen LogP contribution >= 0.6 is 0 Å². The first-order valence-corrected chi connectivity index (χ1v) is 11.1. The van der Waals surface area contributed by atoms with Crippen LogP contribution in [0, 0.1) is 5.82 Å². The smallest absolute Gasteiger partial charge is 0.240 e. The zero-order chi connectivity index (χ0) is 21.4. The van der Waals surface area contributed by atoms with E-state index in [0.29, 0.717) is 19.4 Å². The highest BCUT2D eigenvalue weighted by Gasteiger charge is 2.34. The zero-order valence-electron chi connectivity index (χ0n) is 16.8. The summed E-state index contributed by atoms with van der Waals surface area (Å²) in [5.41, 5.74) is 0. The van der Waals surface area contributed by atoms with E-state index >= 15 is 0 Å². The summed E-state index contributed by atoms with van der Waals surface area (Å²) in [6.07, 6.45) is 0.771. The molecule has 29 heavy (non-hydrogen) atoms. The minimum Gasteiger partial charge on any atom is -0.394 e. The third-order valence-corrected chi connectivity index (χ3v) is 6.25. The molecule has 0 aliphatic carbocycles. The normalized spacial score (nSPS) is 22.6. The van der Waals surface area contributed by atoms with Crippen LogP contribution in [-0.2, 0) is 19.6 Å². The number of aliphatic hydroxyl groups excluding tert-OH is 1. The molecule has 8 nitrogen and oxygen atoms in total. The van der Waals surface area contributed by atoms with Crippen LogP contribution in [0.4, 0.5) is 4.39 Å². The van der Waals surface area contributed by atoms with Gasteiger partial charge in [0.15, 0.2) is 0 Å². The van der Waals surface area contributed by atoms with Gasteiger partial charge in [-0.1, -0.05) is 0 Å². The average Bonchev–Trinajstić information content (AvgIpc) is 2.66.